The Labute approximate surface area is 223 Å². The Morgan fingerprint density at radius 2 is 1.50 bits per heavy atom. The van der Waals surface area contributed by atoms with E-state index < -0.39 is 5.97 Å². The summed E-state index contributed by atoms with van der Waals surface area (Å²) in [6.07, 6.45) is 12.2. The van der Waals surface area contributed by atoms with E-state index in [0.29, 0.717) is 34.5 Å². The van der Waals surface area contributed by atoms with Crippen molar-refractivity contribution in [3.05, 3.63) is 77.2 Å². The number of rotatable bonds is 5. The molecular formula is C27H26O6U. The maximum absolute atomic E-state index is 12.5. The predicted molar refractivity (Wildman–Crippen MR) is 120 cm³/mol. The molecule has 2 aromatic carbocycles. The Morgan fingerprint density at radius 3 is 2.12 bits per heavy atom. The van der Waals surface area contributed by atoms with Crippen LogP contribution in [-0.2, 0) is 19.0 Å². The third kappa shape index (κ3) is 6.07. The van der Waals surface area contributed by atoms with Crippen LogP contribution in [0, 0.1) is 37.5 Å². The van der Waals surface area contributed by atoms with Crippen LogP contribution < -0.4 is 0 Å². The van der Waals surface area contributed by atoms with Crippen LogP contribution in [0.3, 0.4) is 0 Å². The molecule has 4 aliphatic rings. The van der Waals surface area contributed by atoms with E-state index in [1.807, 2.05) is 0 Å². The Morgan fingerprint density at radius 1 is 0.853 bits per heavy atom. The third-order valence-electron chi connectivity index (χ3n) is 6.59. The van der Waals surface area contributed by atoms with Gasteiger partial charge in [0.1, 0.15) is 12.2 Å². The first-order valence-corrected chi connectivity index (χ1v) is 11.6. The van der Waals surface area contributed by atoms with Gasteiger partial charge in [0, 0.05) is 5.56 Å². The molecule has 6 nitrogen and oxygen atoms in total. The molecule has 2 aromatic rings. The van der Waals surface area contributed by atoms with Crippen molar-refractivity contribution in [3.63, 3.8) is 0 Å². The molecule has 0 bridgehead atoms. The van der Waals surface area contributed by atoms with Crippen molar-refractivity contribution in [3.8, 4) is 0 Å². The Kier molecular flexibility index (Phi) is 8.42. The summed E-state index contributed by atoms with van der Waals surface area (Å²) in [5, 5.41) is 0. The fourth-order valence-corrected chi connectivity index (χ4v) is 4.54. The summed E-state index contributed by atoms with van der Waals surface area (Å²) in [6.45, 7) is 0. The van der Waals surface area contributed by atoms with Gasteiger partial charge in [0.2, 0.25) is 0 Å². The molecule has 5 atom stereocenters. The van der Waals surface area contributed by atoms with Gasteiger partial charge in [-0.05, 0) is 49.5 Å². The molecule has 0 radical (unpaired) electrons. The molecule has 5 unspecified atom stereocenters. The van der Waals surface area contributed by atoms with Gasteiger partial charge in [-0.15, -0.1) is 12.1 Å². The minimum Gasteiger partial charge on any atom is -0.456 e. The van der Waals surface area contributed by atoms with Gasteiger partial charge in [-0.1, -0.05) is 18.6 Å². The first-order valence-electron chi connectivity index (χ1n) is 11.6. The zero-order valence-corrected chi connectivity index (χ0v) is 22.9. The summed E-state index contributed by atoms with van der Waals surface area (Å²) in [4.78, 5) is 35.3. The SMILES string of the molecule is O=[C-]c1ccc(C(=O)c2ccc(C(=O)OC3CCCC4OC34)cc2)cc1.[CH-]1CCCC2OC12.[U+2]. The van der Waals surface area contributed by atoms with E-state index in [0.717, 1.165) is 19.3 Å². The van der Waals surface area contributed by atoms with Crippen molar-refractivity contribution in [2.75, 3.05) is 0 Å². The molecule has 2 aliphatic heterocycles. The van der Waals surface area contributed by atoms with E-state index in [9.17, 15) is 14.4 Å². The topological polar surface area (TPSA) is 85.5 Å². The maximum atomic E-state index is 12.5. The average molecular weight is 685 g/mol. The van der Waals surface area contributed by atoms with Gasteiger partial charge in [0.15, 0.2) is 5.78 Å². The normalized spacial score (nSPS) is 27.9. The first-order chi connectivity index (χ1) is 16.1. The van der Waals surface area contributed by atoms with Crippen LogP contribution in [0.1, 0.15) is 70.4 Å². The van der Waals surface area contributed by atoms with E-state index in [2.05, 4.69) is 6.42 Å². The second-order valence-corrected chi connectivity index (χ2v) is 8.91. The summed E-state index contributed by atoms with van der Waals surface area (Å²) in [5.41, 5.74) is 1.74. The van der Waals surface area contributed by atoms with Crippen molar-refractivity contribution < 1.29 is 59.7 Å². The zero-order chi connectivity index (χ0) is 22.8. The monoisotopic (exact) mass is 684 g/mol. The smallest absolute Gasteiger partial charge is 0.456 e. The van der Waals surface area contributed by atoms with Gasteiger partial charge in [0.25, 0.3) is 0 Å². The molecule has 2 saturated carbocycles. The number of esters is 1. The average Bonchev–Trinajstić information content (AvgIpc) is 3.78. The first kappa shape index (κ1) is 25.3. The molecule has 6 rings (SSSR count). The van der Waals surface area contributed by atoms with Gasteiger partial charge < -0.3 is 19.0 Å². The van der Waals surface area contributed by atoms with Gasteiger partial charge >= 0.3 is 37.1 Å². The van der Waals surface area contributed by atoms with Gasteiger partial charge in [0.05, 0.1) is 24.1 Å². The van der Waals surface area contributed by atoms with Crippen LogP contribution in [0.25, 0.3) is 0 Å². The number of fused-ring (bicyclic) bond motifs is 2. The van der Waals surface area contributed by atoms with Gasteiger partial charge in [-0.25, -0.2) is 4.79 Å². The van der Waals surface area contributed by atoms with Gasteiger partial charge in [-0.3, -0.25) is 11.2 Å². The second-order valence-electron chi connectivity index (χ2n) is 8.91. The van der Waals surface area contributed by atoms with E-state index in [4.69, 9.17) is 14.2 Å². The quantitative estimate of drug-likeness (QED) is 0.205. The number of hydrogen-bond acceptors (Lipinski definition) is 6. The van der Waals surface area contributed by atoms with Crippen molar-refractivity contribution in [1.29, 1.82) is 0 Å². The van der Waals surface area contributed by atoms with E-state index in [1.54, 1.807) is 54.8 Å². The van der Waals surface area contributed by atoms with Crippen LogP contribution in [0.15, 0.2) is 48.5 Å². The largest absolute Gasteiger partial charge is 2.00 e. The minimum atomic E-state index is -0.393. The van der Waals surface area contributed by atoms with Crippen molar-refractivity contribution in [2.24, 2.45) is 0 Å². The van der Waals surface area contributed by atoms with Gasteiger partial charge in [-0.2, -0.15) is 24.1 Å². The molecular weight excluding hydrogens is 658 g/mol. The summed E-state index contributed by atoms with van der Waals surface area (Å²) in [7, 11) is 0. The molecule has 4 fully saturated rings. The predicted octanol–water partition coefficient (Wildman–Crippen LogP) is 3.99. The molecule has 0 amide bonds. The molecule has 174 valence electrons. The number of carbonyl (C=O) groups excluding carboxylic acids is 3. The number of benzene rings is 2. The van der Waals surface area contributed by atoms with Crippen LogP contribution in [0.4, 0.5) is 0 Å². The summed E-state index contributed by atoms with van der Waals surface area (Å²) >= 11 is 0. The number of ether oxygens (including phenoxy) is 3. The van der Waals surface area contributed by atoms with Crippen molar-refractivity contribution >= 4 is 18.0 Å². The minimum absolute atomic E-state index is 0. The third-order valence-corrected chi connectivity index (χ3v) is 6.59. The van der Waals surface area contributed by atoms with Crippen molar-refractivity contribution in [1.82, 2.24) is 0 Å². The molecule has 2 aliphatic carbocycles. The fourth-order valence-electron chi connectivity index (χ4n) is 4.54. The maximum Gasteiger partial charge on any atom is 2.00 e. The molecule has 2 saturated heterocycles. The van der Waals surface area contributed by atoms with E-state index >= 15 is 0 Å². The summed E-state index contributed by atoms with van der Waals surface area (Å²) in [5.74, 6) is -0.570. The standard InChI is InChI=1S/C21H17O5.C6H9O.U/c22-12-13-4-6-14(7-5-13)19(23)15-8-10-16(11-9-15)21(24)26-18-3-1-2-17-20(18)25-17;1-2-4-6-5(3-1)7-6;/h4-11,17-18,20H,1-3H2;3,5-6H,1-2,4H2;/q2*-1;+2. The zero-order valence-electron chi connectivity index (χ0n) is 18.8. The number of carbonyl (C=O) groups is 2. The summed E-state index contributed by atoms with van der Waals surface area (Å²) in [6, 6.07) is 12.7. The van der Waals surface area contributed by atoms with Crippen LogP contribution in [0.2, 0.25) is 0 Å². The van der Waals surface area contributed by atoms with E-state index in [1.165, 1.54) is 19.3 Å². The second kappa shape index (κ2) is 11.3. The fraction of sp³-hybridized carbons (Fsp3) is 0.407. The van der Waals surface area contributed by atoms with E-state index in [-0.39, 0.29) is 55.2 Å². The molecule has 0 aromatic heterocycles. The number of hydrogen-bond donors (Lipinski definition) is 0. The van der Waals surface area contributed by atoms with Crippen LogP contribution >= 0.6 is 0 Å². The molecule has 2 heterocycles. The van der Waals surface area contributed by atoms with Crippen LogP contribution in [0.5, 0.6) is 0 Å². The summed E-state index contributed by atoms with van der Waals surface area (Å²) < 4.78 is 16.3. The number of epoxide rings is 2. The Bertz CT molecular complexity index is 1010. The van der Waals surface area contributed by atoms with Crippen molar-refractivity contribution in [2.45, 2.75) is 69.0 Å². The molecule has 7 heteroatoms. The Balaban J connectivity index is 0.000000290. The van der Waals surface area contributed by atoms with Crippen LogP contribution in [-0.4, -0.2) is 48.6 Å². The Hall–Kier alpha value is -1.78. The molecule has 34 heavy (non-hydrogen) atoms. The molecule has 0 N–H and O–H groups in total. The molecule has 0 spiro atoms. The number of ketones is 1.